The van der Waals surface area contributed by atoms with Gasteiger partial charge in [0.15, 0.2) is 0 Å². The van der Waals surface area contributed by atoms with Gasteiger partial charge in [0.1, 0.15) is 0 Å². The van der Waals surface area contributed by atoms with Gasteiger partial charge >= 0.3 is 0 Å². The number of anilines is 1. The van der Waals surface area contributed by atoms with E-state index in [1.165, 1.54) is 16.8 Å². The van der Waals surface area contributed by atoms with Crippen LogP contribution in [-0.2, 0) is 11.2 Å². The van der Waals surface area contributed by atoms with Gasteiger partial charge in [-0.2, -0.15) is 0 Å². The van der Waals surface area contributed by atoms with Gasteiger partial charge in [0.2, 0.25) is 0 Å². The summed E-state index contributed by atoms with van der Waals surface area (Å²) in [5.41, 5.74) is 3.81. The van der Waals surface area contributed by atoms with Crippen molar-refractivity contribution in [3.63, 3.8) is 0 Å². The van der Waals surface area contributed by atoms with E-state index >= 15 is 0 Å². The molecule has 3 rings (SSSR count). The molecule has 29 heavy (non-hydrogen) atoms. The van der Waals surface area contributed by atoms with E-state index < -0.39 is 0 Å². The number of hydrogen-bond donors (Lipinski definition) is 0. The van der Waals surface area contributed by atoms with E-state index in [0.717, 1.165) is 38.8 Å². The molecule has 1 fully saturated rings. The Hall–Kier alpha value is -2.13. The van der Waals surface area contributed by atoms with Crippen LogP contribution in [0.4, 0.5) is 5.69 Å². The number of aliphatic imine (C=N–C) groups is 1. The van der Waals surface area contributed by atoms with Crippen molar-refractivity contribution in [2.24, 2.45) is 16.8 Å². The molecular formula is C26H36N2O. The van der Waals surface area contributed by atoms with Gasteiger partial charge in [0, 0.05) is 39.1 Å². The highest BCUT2D eigenvalue weighted by Gasteiger charge is 2.33. The quantitative estimate of drug-likeness (QED) is 0.544. The van der Waals surface area contributed by atoms with Crippen LogP contribution in [0.1, 0.15) is 44.2 Å². The van der Waals surface area contributed by atoms with Crippen LogP contribution in [-0.4, -0.2) is 39.1 Å². The molecule has 0 radical (unpaired) electrons. The molecule has 0 aromatic heterocycles. The van der Waals surface area contributed by atoms with Gasteiger partial charge < -0.3 is 9.64 Å². The van der Waals surface area contributed by atoms with Crippen molar-refractivity contribution in [2.45, 2.75) is 45.1 Å². The maximum Gasteiger partial charge on any atom is 0.0629 e. The Bertz CT molecular complexity index is 765. The maximum absolute atomic E-state index is 5.97. The third-order valence-electron chi connectivity index (χ3n) is 6.02. The summed E-state index contributed by atoms with van der Waals surface area (Å²) in [5.74, 6) is 1.35. The lowest BCUT2D eigenvalue weighted by Crippen LogP contribution is -2.37. The lowest BCUT2D eigenvalue weighted by Gasteiger charge is -2.39. The van der Waals surface area contributed by atoms with Crippen LogP contribution < -0.4 is 4.90 Å². The fourth-order valence-electron chi connectivity index (χ4n) is 4.37. The molecule has 0 saturated carbocycles. The van der Waals surface area contributed by atoms with Gasteiger partial charge in [-0.05, 0) is 74.6 Å². The zero-order valence-corrected chi connectivity index (χ0v) is 18.5. The Labute approximate surface area is 176 Å². The zero-order valence-electron chi connectivity index (χ0n) is 18.5. The first-order valence-corrected chi connectivity index (χ1v) is 10.9. The summed E-state index contributed by atoms with van der Waals surface area (Å²) < 4.78 is 5.97. The summed E-state index contributed by atoms with van der Waals surface area (Å²) >= 11 is 0. The van der Waals surface area contributed by atoms with Crippen molar-refractivity contribution in [3.8, 4) is 0 Å². The molecule has 3 nitrogen and oxygen atoms in total. The van der Waals surface area contributed by atoms with Crippen molar-refractivity contribution < 1.29 is 4.74 Å². The highest BCUT2D eigenvalue weighted by molar-refractivity contribution is 5.80. The molecular weight excluding hydrogens is 356 g/mol. The fraction of sp³-hybridized carbons (Fsp3) is 0.500. The summed E-state index contributed by atoms with van der Waals surface area (Å²) in [5, 5.41) is 0. The summed E-state index contributed by atoms with van der Waals surface area (Å²) in [6, 6.07) is 19.5. The molecule has 0 aliphatic carbocycles. The Balaban J connectivity index is 1.61. The van der Waals surface area contributed by atoms with Crippen LogP contribution in [0.15, 0.2) is 59.6 Å². The van der Waals surface area contributed by atoms with Gasteiger partial charge in [-0.15, -0.1) is 0 Å². The summed E-state index contributed by atoms with van der Waals surface area (Å²) in [4.78, 5) is 6.87. The molecule has 2 aromatic carbocycles. The molecule has 1 aliphatic heterocycles. The van der Waals surface area contributed by atoms with E-state index in [1.807, 2.05) is 6.21 Å². The Kier molecular flexibility index (Phi) is 7.49. The molecule has 0 unspecified atom stereocenters. The van der Waals surface area contributed by atoms with Crippen molar-refractivity contribution in [2.75, 3.05) is 32.1 Å². The molecule has 1 heterocycles. The fourth-order valence-corrected chi connectivity index (χ4v) is 4.37. The first kappa shape index (κ1) is 21.6. The van der Waals surface area contributed by atoms with E-state index in [-0.39, 0.29) is 5.60 Å². The largest absolute Gasteiger partial charge is 0.378 e. The smallest absolute Gasteiger partial charge is 0.0629 e. The number of rotatable bonds is 8. The lowest BCUT2D eigenvalue weighted by atomic mass is 9.76. The van der Waals surface area contributed by atoms with E-state index in [4.69, 9.17) is 9.73 Å². The maximum atomic E-state index is 5.97. The van der Waals surface area contributed by atoms with Crippen molar-refractivity contribution >= 4 is 11.9 Å². The van der Waals surface area contributed by atoms with E-state index in [2.05, 4.69) is 87.4 Å². The molecule has 0 spiro atoms. The van der Waals surface area contributed by atoms with Crippen LogP contribution in [0, 0.1) is 11.8 Å². The third-order valence-corrected chi connectivity index (χ3v) is 6.02. The Morgan fingerprint density at radius 1 is 1.10 bits per heavy atom. The second-order valence-corrected chi connectivity index (χ2v) is 9.12. The average molecular weight is 393 g/mol. The SMILES string of the molecule is CN(C)c1ccc(C=NCC[C@@H](Cc2ccccc2)[C@@H]2CCOC(C)(C)C2)cc1. The van der Waals surface area contributed by atoms with E-state index in [0.29, 0.717) is 11.8 Å². The number of ether oxygens (including phenoxy) is 1. The van der Waals surface area contributed by atoms with Gasteiger partial charge in [0.05, 0.1) is 5.60 Å². The predicted octanol–water partition coefficient (Wildman–Crippen LogP) is 5.63. The van der Waals surface area contributed by atoms with Gasteiger partial charge in [-0.25, -0.2) is 0 Å². The lowest BCUT2D eigenvalue weighted by molar-refractivity contribution is -0.0829. The second kappa shape index (κ2) is 10.1. The molecule has 0 bridgehead atoms. The molecule has 3 heteroatoms. The van der Waals surface area contributed by atoms with E-state index in [9.17, 15) is 0 Å². The first-order valence-electron chi connectivity index (χ1n) is 10.9. The van der Waals surface area contributed by atoms with Crippen LogP contribution in [0.2, 0.25) is 0 Å². The van der Waals surface area contributed by atoms with E-state index in [1.54, 1.807) is 0 Å². The minimum Gasteiger partial charge on any atom is -0.378 e. The first-order chi connectivity index (χ1) is 13.9. The highest BCUT2D eigenvalue weighted by atomic mass is 16.5. The molecule has 0 N–H and O–H groups in total. The second-order valence-electron chi connectivity index (χ2n) is 9.12. The van der Waals surface area contributed by atoms with Crippen molar-refractivity contribution in [1.29, 1.82) is 0 Å². The Morgan fingerprint density at radius 3 is 2.48 bits per heavy atom. The van der Waals surface area contributed by atoms with Crippen molar-refractivity contribution in [3.05, 3.63) is 65.7 Å². The molecule has 156 valence electrons. The Morgan fingerprint density at radius 2 is 1.83 bits per heavy atom. The normalized spacial score (nSPS) is 19.9. The number of hydrogen-bond acceptors (Lipinski definition) is 3. The van der Waals surface area contributed by atoms with Crippen LogP contribution in [0.3, 0.4) is 0 Å². The highest BCUT2D eigenvalue weighted by Crippen LogP contribution is 2.36. The minimum absolute atomic E-state index is 0.00466. The van der Waals surface area contributed by atoms with Crippen molar-refractivity contribution in [1.82, 2.24) is 0 Å². The topological polar surface area (TPSA) is 24.8 Å². The summed E-state index contributed by atoms with van der Waals surface area (Å²) in [7, 11) is 4.13. The van der Waals surface area contributed by atoms with Crippen LogP contribution >= 0.6 is 0 Å². The molecule has 1 saturated heterocycles. The zero-order chi connectivity index (χ0) is 20.7. The molecule has 1 aliphatic rings. The average Bonchev–Trinajstić information content (AvgIpc) is 2.70. The van der Waals surface area contributed by atoms with Crippen LogP contribution in [0.25, 0.3) is 0 Å². The van der Waals surface area contributed by atoms with Crippen LogP contribution in [0.5, 0.6) is 0 Å². The molecule has 2 atom stereocenters. The minimum atomic E-state index is -0.00466. The molecule has 0 amide bonds. The van der Waals surface area contributed by atoms with Gasteiger partial charge in [-0.3, -0.25) is 4.99 Å². The predicted molar refractivity (Wildman–Crippen MR) is 124 cm³/mol. The van der Waals surface area contributed by atoms with Gasteiger partial charge in [-0.1, -0.05) is 42.5 Å². The summed E-state index contributed by atoms with van der Waals surface area (Å²) in [6.45, 7) is 6.22. The number of benzene rings is 2. The summed E-state index contributed by atoms with van der Waals surface area (Å²) in [6.07, 6.45) is 6.58. The monoisotopic (exact) mass is 392 g/mol. The third kappa shape index (κ3) is 6.71. The number of nitrogens with zero attached hydrogens (tertiary/aromatic N) is 2. The molecule has 2 aromatic rings. The standard InChI is InChI=1S/C26H36N2O/c1-26(2)19-24(15-17-29-26)23(18-21-8-6-5-7-9-21)14-16-27-20-22-10-12-25(13-11-22)28(3)4/h5-13,20,23-24H,14-19H2,1-4H3/t23-,24+/m0/s1. The van der Waals surface area contributed by atoms with Gasteiger partial charge in [0.25, 0.3) is 0 Å².